The van der Waals surface area contributed by atoms with Gasteiger partial charge in [-0.3, -0.25) is 4.79 Å². The van der Waals surface area contributed by atoms with E-state index in [9.17, 15) is 9.59 Å². The molecular formula is C7H9NO3. The maximum absolute atomic E-state index is 10.9. The van der Waals surface area contributed by atoms with Crippen LogP contribution in [0, 0.1) is 0 Å². The molecule has 1 heterocycles. The Morgan fingerprint density at radius 1 is 1.64 bits per heavy atom. The van der Waals surface area contributed by atoms with E-state index in [1.165, 1.54) is 0 Å². The molecule has 1 atom stereocenters. The smallest absolute Gasteiger partial charge is 0.355 e. The Morgan fingerprint density at radius 2 is 2.27 bits per heavy atom. The number of carbonyl (C=O) groups excluding carboxylic acids is 2. The molecule has 0 aliphatic carbocycles. The quantitative estimate of drug-likeness (QED) is 0.449. The molecule has 60 valence electrons. The first kappa shape index (κ1) is 7.78. The molecule has 1 N–H and O–H groups in total. The van der Waals surface area contributed by atoms with Crippen molar-refractivity contribution in [3.05, 3.63) is 11.3 Å². The standard InChI is InChI=1S/C7H9NO3/c1-4-5(2)11-7(10)6(4)8-3-9/h3,5H,1-2H3,(H,8,9)/t5-/m0/s1. The zero-order chi connectivity index (χ0) is 8.43. The molecule has 1 aliphatic heterocycles. The highest BCUT2D eigenvalue weighted by molar-refractivity contribution is 5.93. The van der Waals surface area contributed by atoms with Crippen molar-refractivity contribution in [2.75, 3.05) is 0 Å². The SMILES string of the molecule is CC1=C(NC=O)C(=O)O[C@H]1C. The number of esters is 1. The number of hydrogen-bond donors (Lipinski definition) is 1. The van der Waals surface area contributed by atoms with E-state index in [1.54, 1.807) is 13.8 Å². The fourth-order valence-corrected chi connectivity index (χ4v) is 0.904. The summed E-state index contributed by atoms with van der Waals surface area (Å²) in [5.74, 6) is -0.456. The fraction of sp³-hybridized carbons (Fsp3) is 0.429. The third-order valence-corrected chi connectivity index (χ3v) is 1.70. The molecule has 0 spiro atoms. The van der Waals surface area contributed by atoms with Crippen molar-refractivity contribution in [1.82, 2.24) is 5.32 Å². The van der Waals surface area contributed by atoms with Gasteiger partial charge in [0.15, 0.2) is 0 Å². The summed E-state index contributed by atoms with van der Waals surface area (Å²) in [7, 11) is 0. The highest BCUT2D eigenvalue weighted by Crippen LogP contribution is 2.18. The van der Waals surface area contributed by atoms with Crippen molar-refractivity contribution in [3.8, 4) is 0 Å². The molecular weight excluding hydrogens is 146 g/mol. The van der Waals surface area contributed by atoms with Gasteiger partial charge in [0, 0.05) is 0 Å². The van der Waals surface area contributed by atoms with Crippen molar-refractivity contribution in [2.45, 2.75) is 20.0 Å². The number of amides is 1. The van der Waals surface area contributed by atoms with Gasteiger partial charge in [0.1, 0.15) is 11.8 Å². The highest BCUT2D eigenvalue weighted by Gasteiger charge is 2.27. The minimum Gasteiger partial charge on any atom is -0.453 e. The lowest BCUT2D eigenvalue weighted by Crippen LogP contribution is -2.16. The number of ether oxygens (including phenoxy) is 1. The second-order valence-corrected chi connectivity index (χ2v) is 2.37. The Labute approximate surface area is 64.2 Å². The third-order valence-electron chi connectivity index (χ3n) is 1.70. The summed E-state index contributed by atoms with van der Waals surface area (Å²) in [6.07, 6.45) is 0.253. The van der Waals surface area contributed by atoms with Crippen molar-refractivity contribution in [1.29, 1.82) is 0 Å². The molecule has 0 radical (unpaired) electrons. The second-order valence-electron chi connectivity index (χ2n) is 2.37. The van der Waals surface area contributed by atoms with Crippen molar-refractivity contribution < 1.29 is 14.3 Å². The maximum atomic E-state index is 10.9. The van der Waals surface area contributed by atoms with Gasteiger partial charge in [0.25, 0.3) is 0 Å². The van der Waals surface area contributed by atoms with E-state index in [-0.39, 0.29) is 11.8 Å². The molecule has 1 amide bonds. The molecule has 0 aromatic heterocycles. The van der Waals surface area contributed by atoms with Crippen LogP contribution in [-0.4, -0.2) is 18.5 Å². The molecule has 4 heteroatoms. The van der Waals surface area contributed by atoms with Crippen LogP contribution in [0.15, 0.2) is 11.3 Å². The number of hydrogen-bond acceptors (Lipinski definition) is 3. The van der Waals surface area contributed by atoms with Crippen LogP contribution < -0.4 is 5.32 Å². The molecule has 0 bridgehead atoms. The molecule has 0 saturated carbocycles. The molecule has 4 nitrogen and oxygen atoms in total. The van der Waals surface area contributed by atoms with Gasteiger partial charge in [0.05, 0.1) is 0 Å². The van der Waals surface area contributed by atoms with E-state index in [0.717, 1.165) is 5.57 Å². The molecule has 0 aromatic carbocycles. The van der Waals surface area contributed by atoms with E-state index in [2.05, 4.69) is 5.32 Å². The Kier molecular flexibility index (Phi) is 1.94. The van der Waals surface area contributed by atoms with Gasteiger partial charge < -0.3 is 10.1 Å². The number of rotatable bonds is 2. The second kappa shape index (κ2) is 2.74. The van der Waals surface area contributed by atoms with Crippen molar-refractivity contribution in [3.63, 3.8) is 0 Å². The summed E-state index contributed by atoms with van der Waals surface area (Å²) in [4.78, 5) is 20.9. The van der Waals surface area contributed by atoms with Crippen molar-refractivity contribution >= 4 is 12.4 Å². The summed E-state index contributed by atoms with van der Waals surface area (Å²) < 4.78 is 4.80. The summed E-state index contributed by atoms with van der Waals surface area (Å²) >= 11 is 0. The number of cyclic esters (lactones) is 1. The van der Waals surface area contributed by atoms with E-state index >= 15 is 0 Å². The van der Waals surface area contributed by atoms with Gasteiger partial charge in [0.2, 0.25) is 6.41 Å². The first-order chi connectivity index (χ1) is 5.16. The first-order valence-corrected chi connectivity index (χ1v) is 3.28. The Bertz CT molecular complexity index is 232. The van der Waals surface area contributed by atoms with Gasteiger partial charge >= 0.3 is 5.97 Å². The van der Waals surface area contributed by atoms with E-state index in [1.807, 2.05) is 0 Å². The Balaban J connectivity index is 2.87. The van der Waals surface area contributed by atoms with E-state index in [4.69, 9.17) is 4.74 Å². The van der Waals surface area contributed by atoms with E-state index < -0.39 is 5.97 Å². The molecule has 1 aliphatic rings. The fourth-order valence-electron chi connectivity index (χ4n) is 0.904. The zero-order valence-corrected chi connectivity index (χ0v) is 6.38. The average molecular weight is 155 g/mol. The van der Waals surface area contributed by atoms with Crippen LogP contribution in [0.5, 0.6) is 0 Å². The number of nitrogens with one attached hydrogen (secondary N) is 1. The lowest BCUT2D eigenvalue weighted by Gasteiger charge is -2.00. The average Bonchev–Trinajstić information content (AvgIpc) is 2.17. The molecule has 0 fully saturated rings. The van der Waals surface area contributed by atoms with E-state index in [0.29, 0.717) is 6.41 Å². The molecule has 0 unspecified atom stereocenters. The Morgan fingerprint density at radius 3 is 2.64 bits per heavy atom. The molecule has 0 aromatic rings. The number of carbonyl (C=O) groups is 2. The topological polar surface area (TPSA) is 55.4 Å². The van der Waals surface area contributed by atoms with Crippen molar-refractivity contribution in [2.24, 2.45) is 0 Å². The van der Waals surface area contributed by atoms with Crippen LogP contribution in [0.4, 0.5) is 0 Å². The predicted molar refractivity (Wildman–Crippen MR) is 37.5 cm³/mol. The predicted octanol–water partition coefficient (Wildman–Crippen LogP) is -0.0483. The van der Waals surface area contributed by atoms with Gasteiger partial charge in [-0.1, -0.05) is 0 Å². The monoisotopic (exact) mass is 155 g/mol. The summed E-state index contributed by atoms with van der Waals surface area (Å²) in [5, 5.41) is 2.30. The summed E-state index contributed by atoms with van der Waals surface area (Å²) in [6.45, 7) is 3.51. The van der Waals surface area contributed by atoms with Crippen LogP contribution in [0.3, 0.4) is 0 Å². The lowest BCUT2D eigenvalue weighted by molar-refractivity contribution is -0.139. The van der Waals surface area contributed by atoms with Crippen LogP contribution in [0.25, 0.3) is 0 Å². The summed E-state index contributed by atoms with van der Waals surface area (Å²) in [6, 6.07) is 0. The van der Waals surface area contributed by atoms with Gasteiger partial charge in [-0.25, -0.2) is 4.79 Å². The summed E-state index contributed by atoms with van der Waals surface area (Å²) in [5.41, 5.74) is 1.04. The molecule has 0 saturated heterocycles. The van der Waals surface area contributed by atoms with Gasteiger partial charge in [-0.15, -0.1) is 0 Å². The Hall–Kier alpha value is -1.32. The lowest BCUT2D eigenvalue weighted by atomic mass is 10.2. The minimum absolute atomic E-state index is 0.218. The zero-order valence-electron chi connectivity index (χ0n) is 6.38. The van der Waals surface area contributed by atoms with Crippen LogP contribution in [0.1, 0.15) is 13.8 Å². The van der Waals surface area contributed by atoms with Crippen LogP contribution in [0.2, 0.25) is 0 Å². The first-order valence-electron chi connectivity index (χ1n) is 3.28. The normalized spacial score (nSPS) is 23.5. The van der Waals surface area contributed by atoms with Crippen LogP contribution >= 0.6 is 0 Å². The molecule has 11 heavy (non-hydrogen) atoms. The third kappa shape index (κ3) is 1.24. The van der Waals surface area contributed by atoms with Crippen LogP contribution in [-0.2, 0) is 14.3 Å². The van der Waals surface area contributed by atoms with Gasteiger partial charge in [-0.05, 0) is 19.4 Å². The van der Waals surface area contributed by atoms with Gasteiger partial charge in [-0.2, -0.15) is 0 Å². The largest absolute Gasteiger partial charge is 0.453 e. The maximum Gasteiger partial charge on any atom is 0.355 e. The minimum atomic E-state index is -0.456. The molecule has 1 rings (SSSR count). The highest BCUT2D eigenvalue weighted by atomic mass is 16.5.